The molecule has 0 saturated heterocycles. The van der Waals surface area contributed by atoms with Crippen LogP contribution in [0.3, 0.4) is 0 Å². The first-order chi connectivity index (χ1) is 12.3. The zero-order valence-electron chi connectivity index (χ0n) is 14.7. The van der Waals surface area contributed by atoms with E-state index in [1.165, 1.54) is 12.1 Å². The molecule has 0 fully saturated rings. The minimum atomic E-state index is -4.39. The van der Waals surface area contributed by atoms with Crippen molar-refractivity contribution in [2.24, 2.45) is 0 Å². The van der Waals surface area contributed by atoms with Gasteiger partial charge in [0.25, 0.3) is 0 Å². The third kappa shape index (κ3) is 4.67. The monoisotopic (exact) mass is 381 g/mol. The molecule has 138 valence electrons. The van der Waals surface area contributed by atoms with Crippen LogP contribution in [0, 0.1) is 6.92 Å². The van der Waals surface area contributed by atoms with Gasteiger partial charge in [-0.15, -0.1) is 0 Å². The summed E-state index contributed by atoms with van der Waals surface area (Å²) in [6.07, 6.45) is -2.72. The molecule has 1 heterocycles. The fourth-order valence-corrected chi connectivity index (χ4v) is 2.74. The van der Waals surface area contributed by atoms with Crippen LogP contribution in [0.4, 0.5) is 13.2 Å². The van der Waals surface area contributed by atoms with Gasteiger partial charge in [-0.05, 0) is 41.6 Å². The first kappa shape index (κ1) is 20.0. The van der Waals surface area contributed by atoms with Crippen LogP contribution < -0.4 is 4.74 Å². The quantitative estimate of drug-likeness (QED) is 0.464. The van der Waals surface area contributed by atoms with E-state index in [4.69, 9.17) is 16.3 Å². The van der Waals surface area contributed by atoms with E-state index in [0.717, 1.165) is 22.1 Å². The van der Waals surface area contributed by atoms with Crippen molar-refractivity contribution in [2.75, 3.05) is 6.61 Å². The van der Waals surface area contributed by atoms with Crippen molar-refractivity contribution >= 4 is 22.4 Å². The van der Waals surface area contributed by atoms with Gasteiger partial charge in [-0.3, -0.25) is 0 Å². The molecular formula is C20H19ClF3NO. The predicted molar refractivity (Wildman–Crippen MR) is 99.8 cm³/mol. The molecule has 0 unspecified atom stereocenters. The Morgan fingerprint density at radius 3 is 2.35 bits per heavy atom. The minimum Gasteiger partial charge on any atom is -0.484 e. The van der Waals surface area contributed by atoms with E-state index in [1.807, 2.05) is 45.0 Å². The van der Waals surface area contributed by atoms with Gasteiger partial charge in [-0.1, -0.05) is 49.7 Å². The minimum absolute atomic E-state index is 0.102. The van der Waals surface area contributed by atoms with Crippen LogP contribution in [0.1, 0.15) is 19.4 Å². The maximum Gasteiger partial charge on any atom is 0.422 e. The normalized spacial score (nSPS) is 11.0. The maximum atomic E-state index is 12.3. The van der Waals surface area contributed by atoms with Crippen molar-refractivity contribution in [1.82, 2.24) is 4.98 Å². The van der Waals surface area contributed by atoms with Gasteiger partial charge in [-0.25, -0.2) is 4.98 Å². The zero-order chi connectivity index (χ0) is 19.3. The molecule has 0 N–H and O–H groups in total. The highest BCUT2D eigenvalue weighted by molar-refractivity contribution is 6.34. The molecule has 0 atom stereocenters. The lowest BCUT2D eigenvalue weighted by atomic mass is 9.97. The summed E-state index contributed by atoms with van der Waals surface area (Å²) in [6, 6.07) is 12.5. The molecule has 0 aliphatic carbocycles. The number of aryl methyl sites for hydroxylation is 1. The van der Waals surface area contributed by atoms with Crippen LogP contribution in [-0.4, -0.2) is 17.8 Å². The number of alkyl halides is 3. The SMILES string of the molecule is CC.Cc1ccccc1-c1cnc(Cl)c2cc(OCC(F)(F)F)ccc12. The van der Waals surface area contributed by atoms with Gasteiger partial charge in [0.15, 0.2) is 6.61 Å². The van der Waals surface area contributed by atoms with E-state index < -0.39 is 12.8 Å². The van der Waals surface area contributed by atoms with Gasteiger partial charge in [0.1, 0.15) is 10.9 Å². The number of rotatable bonds is 3. The van der Waals surface area contributed by atoms with Crippen molar-refractivity contribution < 1.29 is 17.9 Å². The molecule has 3 rings (SSSR count). The van der Waals surface area contributed by atoms with Gasteiger partial charge in [0.2, 0.25) is 0 Å². The first-order valence-corrected chi connectivity index (χ1v) is 8.57. The number of pyridine rings is 1. The molecule has 0 amide bonds. The zero-order valence-corrected chi connectivity index (χ0v) is 15.4. The summed E-state index contributed by atoms with van der Waals surface area (Å²) in [5, 5.41) is 1.58. The Hall–Kier alpha value is -2.27. The van der Waals surface area contributed by atoms with E-state index in [9.17, 15) is 13.2 Å². The molecule has 6 heteroatoms. The summed E-state index contributed by atoms with van der Waals surface area (Å²) in [5.41, 5.74) is 2.94. The summed E-state index contributed by atoms with van der Waals surface area (Å²) in [6.45, 7) is 4.64. The third-order valence-electron chi connectivity index (χ3n) is 3.65. The highest BCUT2D eigenvalue weighted by atomic mass is 35.5. The average molecular weight is 382 g/mol. The lowest BCUT2D eigenvalue weighted by Crippen LogP contribution is -2.19. The number of benzene rings is 2. The molecule has 0 radical (unpaired) electrons. The van der Waals surface area contributed by atoms with E-state index >= 15 is 0 Å². The second-order valence-corrected chi connectivity index (χ2v) is 5.75. The van der Waals surface area contributed by atoms with Crippen molar-refractivity contribution in [2.45, 2.75) is 26.9 Å². The smallest absolute Gasteiger partial charge is 0.422 e. The molecule has 0 aliphatic rings. The fourth-order valence-electron chi connectivity index (χ4n) is 2.53. The second-order valence-electron chi connectivity index (χ2n) is 5.39. The molecule has 3 aromatic rings. The lowest BCUT2D eigenvalue weighted by molar-refractivity contribution is -0.153. The van der Waals surface area contributed by atoms with Gasteiger partial charge in [0, 0.05) is 17.1 Å². The van der Waals surface area contributed by atoms with Gasteiger partial charge < -0.3 is 4.74 Å². The summed E-state index contributed by atoms with van der Waals surface area (Å²) < 4.78 is 41.7. The van der Waals surface area contributed by atoms with Crippen LogP contribution in [0.5, 0.6) is 5.75 Å². The van der Waals surface area contributed by atoms with Gasteiger partial charge in [-0.2, -0.15) is 13.2 Å². The standard InChI is InChI=1S/C18H13ClF3NO.C2H6/c1-11-4-2-3-5-13(11)16-9-23-17(19)15-8-12(6-7-14(15)16)24-10-18(20,21)22;1-2/h2-9H,10H2,1H3;1-2H3. The maximum absolute atomic E-state index is 12.3. The lowest BCUT2D eigenvalue weighted by Gasteiger charge is -2.13. The topological polar surface area (TPSA) is 22.1 Å². The molecule has 2 nitrogen and oxygen atoms in total. The number of hydrogen-bond donors (Lipinski definition) is 0. The first-order valence-electron chi connectivity index (χ1n) is 8.19. The van der Waals surface area contributed by atoms with Gasteiger partial charge in [0.05, 0.1) is 0 Å². The van der Waals surface area contributed by atoms with Crippen LogP contribution >= 0.6 is 11.6 Å². The van der Waals surface area contributed by atoms with Crippen LogP contribution in [0.15, 0.2) is 48.7 Å². The molecule has 26 heavy (non-hydrogen) atoms. The predicted octanol–water partition coefficient (Wildman–Crippen LogP) is 6.83. The number of fused-ring (bicyclic) bond motifs is 1. The highest BCUT2D eigenvalue weighted by Gasteiger charge is 2.28. The summed E-state index contributed by atoms with van der Waals surface area (Å²) in [4.78, 5) is 4.16. The Morgan fingerprint density at radius 2 is 1.69 bits per heavy atom. The molecule has 0 spiro atoms. The third-order valence-corrected chi connectivity index (χ3v) is 3.95. The number of halogens is 4. The van der Waals surface area contributed by atoms with Crippen molar-refractivity contribution in [3.05, 3.63) is 59.4 Å². The number of ether oxygens (including phenoxy) is 1. The van der Waals surface area contributed by atoms with E-state index in [-0.39, 0.29) is 10.9 Å². The van der Waals surface area contributed by atoms with Crippen LogP contribution in [-0.2, 0) is 0 Å². The number of nitrogens with zero attached hydrogens (tertiary/aromatic N) is 1. The number of aromatic nitrogens is 1. The highest BCUT2D eigenvalue weighted by Crippen LogP contribution is 2.35. The Kier molecular flexibility index (Phi) is 6.48. The summed E-state index contributed by atoms with van der Waals surface area (Å²) in [5.74, 6) is 0.102. The molecule has 1 aromatic heterocycles. The summed E-state index contributed by atoms with van der Waals surface area (Å²) in [7, 11) is 0. The Morgan fingerprint density at radius 1 is 1.00 bits per heavy atom. The summed E-state index contributed by atoms with van der Waals surface area (Å²) >= 11 is 6.13. The van der Waals surface area contributed by atoms with E-state index in [0.29, 0.717) is 5.39 Å². The average Bonchev–Trinajstić information content (AvgIpc) is 2.62. The van der Waals surface area contributed by atoms with Crippen molar-refractivity contribution in [3.8, 4) is 16.9 Å². The Bertz CT molecular complexity index is 894. The van der Waals surface area contributed by atoms with Crippen LogP contribution in [0.25, 0.3) is 21.9 Å². The molecular weight excluding hydrogens is 363 g/mol. The molecule has 0 bridgehead atoms. The van der Waals surface area contributed by atoms with Crippen molar-refractivity contribution in [1.29, 1.82) is 0 Å². The Labute approximate surface area is 155 Å². The molecule has 0 aliphatic heterocycles. The Balaban J connectivity index is 0.00000117. The van der Waals surface area contributed by atoms with Crippen molar-refractivity contribution in [3.63, 3.8) is 0 Å². The van der Waals surface area contributed by atoms with Gasteiger partial charge >= 0.3 is 6.18 Å². The fraction of sp³-hybridized carbons (Fsp3) is 0.250. The molecule has 2 aromatic carbocycles. The van der Waals surface area contributed by atoms with E-state index in [2.05, 4.69) is 4.98 Å². The largest absolute Gasteiger partial charge is 0.484 e. The molecule has 0 saturated carbocycles. The number of hydrogen-bond acceptors (Lipinski definition) is 2. The van der Waals surface area contributed by atoms with Crippen LogP contribution in [0.2, 0.25) is 5.15 Å². The van der Waals surface area contributed by atoms with E-state index in [1.54, 1.807) is 12.3 Å². The second kappa shape index (κ2) is 8.41.